The van der Waals surface area contributed by atoms with Crippen molar-refractivity contribution >= 4 is 21.8 Å². The maximum absolute atomic E-state index is 11.9. The Bertz CT molecular complexity index is 266. The van der Waals surface area contributed by atoms with Crippen molar-refractivity contribution < 1.29 is 9.53 Å². The molecule has 1 saturated heterocycles. The molecule has 3 nitrogen and oxygen atoms in total. The fraction of sp³-hybridized carbons (Fsp3) is 0.917. The fourth-order valence-electron chi connectivity index (χ4n) is 2.37. The average Bonchev–Trinajstić information content (AvgIpc) is 2.89. The first kappa shape index (κ1) is 12.4. The second-order valence-corrected chi connectivity index (χ2v) is 5.92. The summed E-state index contributed by atoms with van der Waals surface area (Å²) in [5, 5.41) is 4.14. The van der Waals surface area contributed by atoms with Gasteiger partial charge in [0, 0.05) is 18.5 Å². The molecule has 2 unspecified atom stereocenters. The Labute approximate surface area is 105 Å². The lowest BCUT2D eigenvalue weighted by atomic mass is 10.00. The van der Waals surface area contributed by atoms with Gasteiger partial charge >= 0.3 is 0 Å². The summed E-state index contributed by atoms with van der Waals surface area (Å²) in [6.07, 6.45) is 4.65. The first-order valence-corrected chi connectivity index (χ1v) is 7.24. The number of ether oxygens (including phenoxy) is 1. The summed E-state index contributed by atoms with van der Waals surface area (Å²) < 4.78 is 5.41. The van der Waals surface area contributed by atoms with E-state index in [2.05, 4.69) is 21.2 Å². The van der Waals surface area contributed by atoms with Gasteiger partial charge in [0.1, 0.15) is 0 Å². The molecule has 1 saturated carbocycles. The van der Waals surface area contributed by atoms with Gasteiger partial charge in [0.05, 0.1) is 12.0 Å². The number of halogens is 1. The van der Waals surface area contributed by atoms with Gasteiger partial charge in [0.2, 0.25) is 5.91 Å². The van der Waals surface area contributed by atoms with Crippen LogP contribution in [-0.2, 0) is 9.53 Å². The Hall–Kier alpha value is -0.0900. The second-order valence-electron chi connectivity index (χ2n) is 5.13. The summed E-state index contributed by atoms with van der Waals surface area (Å²) in [6.45, 7) is 3.56. The molecule has 0 aromatic carbocycles. The van der Waals surface area contributed by atoms with Crippen molar-refractivity contribution in [3.8, 4) is 0 Å². The maximum atomic E-state index is 11.9. The zero-order valence-corrected chi connectivity index (χ0v) is 11.4. The van der Waals surface area contributed by atoms with Crippen LogP contribution in [0.2, 0.25) is 0 Å². The van der Waals surface area contributed by atoms with E-state index < -0.39 is 0 Å². The van der Waals surface area contributed by atoms with Crippen LogP contribution in [0.5, 0.6) is 0 Å². The molecule has 16 heavy (non-hydrogen) atoms. The van der Waals surface area contributed by atoms with Crippen LogP contribution >= 0.6 is 15.9 Å². The summed E-state index contributed by atoms with van der Waals surface area (Å²) >= 11 is 3.48. The molecule has 1 N–H and O–H groups in total. The molecular weight excluding hydrogens is 270 g/mol. The number of carbonyl (C=O) groups excluding carboxylic acids is 1. The fourth-order valence-corrected chi connectivity index (χ4v) is 3.22. The van der Waals surface area contributed by atoms with Crippen LogP contribution in [0.3, 0.4) is 0 Å². The Kier molecular flexibility index (Phi) is 3.90. The highest BCUT2D eigenvalue weighted by Gasteiger charge is 2.42. The number of alkyl halides is 1. The van der Waals surface area contributed by atoms with Crippen LogP contribution in [0.1, 0.15) is 32.6 Å². The van der Waals surface area contributed by atoms with Gasteiger partial charge in [-0.2, -0.15) is 0 Å². The van der Waals surface area contributed by atoms with Crippen molar-refractivity contribution in [1.82, 2.24) is 5.32 Å². The van der Waals surface area contributed by atoms with Gasteiger partial charge in [-0.25, -0.2) is 0 Å². The Morgan fingerprint density at radius 3 is 2.81 bits per heavy atom. The topological polar surface area (TPSA) is 38.3 Å². The summed E-state index contributed by atoms with van der Waals surface area (Å²) in [6, 6.07) is 0. The summed E-state index contributed by atoms with van der Waals surface area (Å²) in [7, 11) is 0. The molecule has 0 spiro atoms. The van der Waals surface area contributed by atoms with E-state index in [0.717, 1.165) is 24.9 Å². The third kappa shape index (κ3) is 2.77. The van der Waals surface area contributed by atoms with Gasteiger partial charge in [-0.1, -0.05) is 15.9 Å². The van der Waals surface area contributed by atoms with Gasteiger partial charge < -0.3 is 10.1 Å². The molecule has 0 bridgehead atoms. The largest absolute Gasteiger partial charge is 0.378 e. The summed E-state index contributed by atoms with van der Waals surface area (Å²) in [5.41, 5.74) is 0.405. The zero-order chi connectivity index (χ0) is 11.6. The van der Waals surface area contributed by atoms with Crippen LogP contribution in [0.25, 0.3) is 0 Å². The van der Waals surface area contributed by atoms with Crippen LogP contribution in [0.15, 0.2) is 0 Å². The number of hydrogen-bond acceptors (Lipinski definition) is 2. The van der Waals surface area contributed by atoms with Gasteiger partial charge in [0.15, 0.2) is 0 Å². The quantitative estimate of drug-likeness (QED) is 0.787. The van der Waals surface area contributed by atoms with Crippen molar-refractivity contribution in [1.29, 1.82) is 0 Å². The predicted octanol–water partition coefficient (Wildman–Crippen LogP) is 2.09. The minimum absolute atomic E-state index is 0.0692. The molecule has 4 heteroatoms. The lowest BCUT2D eigenvalue weighted by molar-refractivity contribution is -0.126. The molecule has 2 fully saturated rings. The van der Waals surface area contributed by atoms with Gasteiger partial charge in [0.25, 0.3) is 0 Å². The number of nitrogens with one attached hydrogen (secondary N) is 1. The summed E-state index contributed by atoms with van der Waals surface area (Å²) in [5.74, 6) is 0.255. The van der Waals surface area contributed by atoms with Crippen molar-refractivity contribution in [3.05, 3.63) is 0 Å². The molecule has 2 rings (SSSR count). The predicted molar refractivity (Wildman–Crippen MR) is 66.6 cm³/mol. The standard InChI is InChI=1S/C12H20BrNO2/c1-9-10(2-7-16-9)11(15)14-8-12(3-4-12)5-6-13/h9-10H,2-8H2,1H3,(H,14,15). The highest BCUT2D eigenvalue weighted by atomic mass is 79.9. The highest BCUT2D eigenvalue weighted by molar-refractivity contribution is 9.09. The molecule has 1 heterocycles. The van der Waals surface area contributed by atoms with Crippen molar-refractivity contribution in [2.45, 2.75) is 38.7 Å². The average molecular weight is 290 g/mol. The molecule has 2 aliphatic rings. The highest BCUT2D eigenvalue weighted by Crippen LogP contribution is 2.48. The van der Waals surface area contributed by atoms with E-state index in [1.54, 1.807) is 0 Å². The van der Waals surface area contributed by atoms with E-state index >= 15 is 0 Å². The molecule has 1 aliphatic carbocycles. The lowest BCUT2D eigenvalue weighted by Gasteiger charge is -2.18. The molecule has 0 radical (unpaired) electrons. The normalized spacial score (nSPS) is 31.4. The zero-order valence-electron chi connectivity index (χ0n) is 9.80. The second kappa shape index (κ2) is 5.05. The van der Waals surface area contributed by atoms with E-state index in [1.807, 2.05) is 6.92 Å². The number of amides is 1. The molecule has 0 aromatic heterocycles. The third-order valence-corrected chi connectivity index (χ3v) is 4.33. The lowest BCUT2D eigenvalue weighted by Crippen LogP contribution is -2.37. The number of rotatable bonds is 5. The van der Waals surface area contributed by atoms with E-state index in [9.17, 15) is 4.79 Å². The van der Waals surface area contributed by atoms with Crippen molar-refractivity contribution in [2.75, 3.05) is 18.5 Å². The molecule has 92 valence electrons. The van der Waals surface area contributed by atoms with E-state index in [1.165, 1.54) is 19.3 Å². The SMILES string of the molecule is CC1OCCC1C(=O)NCC1(CCBr)CC1. The Morgan fingerprint density at radius 1 is 1.56 bits per heavy atom. The van der Waals surface area contributed by atoms with Gasteiger partial charge in [-0.3, -0.25) is 4.79 Å². The molecular formula is C12H20BrNO2. The monoisotopic (exact) mass is 289 g/mol. The van der Waals surface area contributed by atoms with Gasteiger partial charge in [-0.05, 0) is 38.0 Å². The molecule has 0 aromatic rings. The van der Waals surface area contributed by atoms with Gasteiger partial charge in [-0.15, -0.1) is 0 Å². The Morgan fingerprint density at radius 2 is 2.31 bits per heavy atom. The van der Waals surface area contributed by atoms with E-state index in [4.69, 9.17) is 4.74 Å². The minimum atomic E-state index is 0.0692. The van der Waals surface area contributed by atoms with E-state index in [0.29, 0.717) is 5.41 Å². The van der Waals surface area contributed by atoms with Crippen LogP contribution in [0, 0.1) is 11.3 Å². The van der Waals surface area contributed by atoms with Crippen LogP contribution < -0.4 is 5.32 Å². The minimum Gasteiger partial charge on any atom is -0.378 e. The number of hydrogen-bond donors (Lipinski definition) is 1. The maximum Gasteiger partial charge on any atom is 0.225 e. The van der Waals surface area contributed by atoms with Crippen LogP contribution in [0.4, 0.5) is 0 Å². The smallest absolute Gasteiger partial charge is 0.225 e. The number of carbonyl (C=O) groups is 1. The molecule has 1 aliphatic heterocycles. The van der Waals surface area contributed by atoms with E-state index in [-0.39, 0.29) is 17.9 Å². The van der Waals surface area contributed by atoms with Crippen LogP contribution in [-0.4, -0.2) is 30.5 Å². The molecule has 1 amide bonds. The summed E-state index contributed by atoms with van der Waals surface area (Å²) in [4.78, 5) is 11.9. The molecule has 2 atom stereocenters. The van der Waals surface area contributed by atoms with Crippen molar-refractivity contribution in [2.24, 2.45) is 11.3 Å². The first-order chi connectivity index (χ1) is 7.67. The first-order valence-electron chi connectivity index (χ1n) is 6.12. The van der Waals surface area contributed by atoms with Crippen molar-refractivity contribution in [3.63, 3.8) is 0 Å². The third-order valence-electron chi connectivity index (χ3n) is 3.93. The Balaban J connectivity index is 1.75.